The molecular weight excluding hydrogens is 338 g/mol. The van der Waals surface area contributed by atoms with Gasteiger partial charge in [0.05, 0.1) is 6.54 Å². The molecule has 3 rings (SSSR count). The summed E-state index contributed by atoms with van der Waals surface area (Å²) in [4.78, 5) is 45.3. The average Bonchev–Trinajstić information content (AvgIpc) is 2.64. The van der Waals surface area contributed by atoms with Crippen LogP contribution in [-0.4, -0.2) is 30.0 Å². The molecule has 9 heteroatoms. The van der Waals surface area contributed by atoms with E-state index in [1.165, 1.54) is 27.4 Å². The summed E-state index contributed by atoms with van der Waals surface area (Å²) in [6, 6.07) is 3.59. The number of hydrogen-bond donors (Lipinski definition) is 1. The van der Waals surface area contributed by atoms with E-state index in [1.54, 1.807) is 18.5 Å². The molecule has 0 saturated heterocycles. The number of hydrogen-bond acceptors (Lipinski definition) is 6. The van der Waals surface area contributed by atoms with E-state index >= 15 is 0 Å². The zero-order valence-corrected chi connectivity index (χ0v) is 14.5. The zero-order chi connectivity index (χ0) is 19.0. The highest BCUT2D eigenvalue weighted by Gasteiger charge is 2.20. The first-order chi connectivity index (χ1) is 12.3. The molecule has 0 bridgehead atoms. The van der Waals surface area contributed by atoms with E-state index in [4.69, 9.17) is 0 Å². The van der Waals surface area contributed by atoms with Crippen LogP contribution in [0.15, 0.2) is 43.9 Å². The Bertz CT molecular complexity index is 1200. The monoisotopic (exact) mass is 355 g/mol. The maximum atomic E-state index is 12.6. The van der Waals surface area contributed by atoms with Crippen molar-refractivity contribution < 1.29 is 5.11 Å². The van der Waals surface area contributed by atoms with E-state index in [9.17, 15) is 19.5 Å². The summed E-state index contributed by atoms with van der Waals surface area (Å²) in [5.41, 5.74) is -1.06. The third-order valence-corrected chi connectivity index (χ3v) is 4.20. The fourth-order valence-electron chi connectivity index (χ4n) is 2.80. The molecule has 0 aliphatic heterocycles. The van der Waals surface area contributed by atoms with Crippen LogP contribution in [-0.2, 0) is 27.7 Å². The van der Waals surface area contributed by atoms with Crippen LogP contribution in [0.2, 0.25) is 0 Å². The van der Waals surface area contributed by atoms with Crippen molar-refractivity contribution >= 4 is 17.2 Å². The molecular formula is C17H17N5O4. The molecule has 3 heterocycles. The summed E-state index contributed by atoms with van der Waals surface area (Å²) in [6.45, 7) is 0.264. The van der Waals surface area contributed by atoms with Crippen LogP contribution >= 0.6 is 0 Å². The summed E-state index contributed by atoms with van der Waals surface area (Å²) in [6.07, 6.45) is 4.51. The number of fused-ring (bicyclic) bond motifs is 1. The normalized spacial score (nSPS) is 11.5. The van der Waals surface area contributed by atoms with Gasteiger partial charge in [-0.25, -0.2) is 4.79 Å². The largest absolute Gasteiger partial charge is 0.506 e. The number of pyridine rings is 2. The Balaban J connectivity index is 2.24. The quantitative estimate of drug-likeness (QED) is 0.646. The van der Waals surface area contributed by atoms with Gasteiger partial charge in [0.2, 0.25) is 0 Å². The van der Waals surface area contributed by atoms with Crippen molar-refractivity contribution in [1.82, 2.24) is 18.7 Å². The van der Waals surface area contributed by atoms with Gasteiger partial charge in [0.1, 0.15) is 22.3 Å². The molecule has 26 heavy (non-hydrogen) atoms. The topological polar surface area (TPSA) is 111 Å². The lowest BCUT2D eigenvalue weighted by Gasteiger charge is -2.13. The van der Waals surface area contributed by atoms with E-state index < -0.39 is 22.6 Å². The van der Waals surface area contributed by atoms with Gasteiger partial charge in [0.15, 0.2) is 0 Å². The predicted molar refractivity (Wildman–Crippen MR) is 96.9 cm³/mol. The number of rotatable bonds is 3. The van der Waals surface area contributed by atoms with Crippen molar-refractivity contribution in [3.05, 3.63) is 66.8 Å². The Morgan fingerprint density at radius 1 is 1.12 bits per heavy atom. The molecule has 134 valence electrons. The lowest BCUT2D eigenvalue weighted by molar-refractivity contribution is 0.476. The van der Waals surface area contributed by atoms with Crippen molar-refractivity contribution in [2.24, 2.45) is 26.1 Å². The lowest BCUT2D eigenvalue weighted by Crippen LogP contribution is -2.40. The van der Waals surface area contributed by atoms with Crippen LogP contribution in [0.3, 0.4) is 0 Å². The van der Waals surface area contributed by atoms with E-state index in [2.05, 4.69) is 9.98 Å². The second-order valence-electron chi connectivity index (χ2n) is 5.86. The SMILES string of the molecule is Cn1c(=O)c2c(O)c(C=NCc3cccnc3)c(=O)n(C)c2n(C)c1=O. The molecule has 0 radical (unpaired) electrons. The molecule has 0 unspecified atom stereocenters. The molecule has 9 nitrogen and oxygen atoms in total. The fourth-order valence-corrected chi connectivity index (χ4v) is 2.80. The van der Waals surface area contributed by atoms with Crippen molar-refractivity contribution in [2.75, 3.05) is 0 Å². The van der Waals surface area contributed by atoms with Crippen molar-refractivity contribution in [1.29, 1.82) is 0 Å². The number of aromatic hydroxyl groups is 1. The molecule has 0 fully saturated rings. The summed E-state index contributed by atoms with van der Waals surface area (Å²) < 4.78 is 3.18. The van der Waals surface area contributed by atoms with Gasteiger partial charge in [-0.2, -0.15) is 0 Å². The van der Waals surface area contributed by atoms with Crippen LogP contribution in [0.25, 0.3) is 11.0 Å². The minimum absolute atomic E-state index is 0.0463. The van der Waals surface area contributed by atoms with Gasteiger partial charge in [-0.05, 0) is 11.6 Å². The van der Waals surface area contributed by atoms with Gasteiger partial charge in [0, 0.05) is 39.8 Å². The molecule has 0 spiro atoms. The molecule has 0 aliphatic rings. The van der Waals surface area contributed by atoms with Gasteiger partial charge >= 0.3 is 5.69 Å². The highest BCUT2D eigenvalue weighted by atomic mass is 16.3. The Hall–Kier alpha value is -3.49. The minimum atomic E-state index is -0.682. The maximum absolute atomic E-state index is 12.6. The van der Waals surface area contributed by atoms with E-state index in [1.807, 2.05) is 6.07 Å². The van der Waals surface area contributed by atoms with Crippen LogP contribution in [0, 0.1) is 0 Å². The number of aryl methyl sites for hydroxylation is 2. The van der Waals surface area contributed by atoms with E-state index in [0.29, 0.717) is 0 Å². The fraction of sp³-hybridized carbons (Fsp3) is 0.235. The third-order valence-electron chi connectivity index (χ3n) is 4.20. The Morgan fingerprint density at radius 2 is 1.85 bits per heavy atom. The predicted octanol–water partition coefficient (Wildman–Crippen LogP) is -0.344. The second-order valence-corrected chi connectivity index (χ2v) is 5.86. The van der Waals surface area contributed by atoms with E-state index in [-0.39, 0.29) is 23.1 Å². The molecule has 0 atom stereocenters. The third kappa shape index (κ3) is 2.63. The first-order valence-corrected chi connectivity index (χ1v) is 7.75. The first kappa shape index (κ1) is 17.3. The Morgan fingerprint density at radius 3 is 2.50 bits per heavy atom. The molecule has 0 saturated carbocycles. The highest BCUT2D eigenvalue weighted by molar-refractivity contribution is 5.93. The van der Waals surface area contributed by atoms with Gasteiger partial charge in [0.25, 0.3) is 11.1 Å². The molecule has 3 aromatic heterocycles. The molecule has 1 N–H and O–H groups in total. The highest BCUT2D eigenvalue weighted by Crippen LogP contribution is 2.20. The molecule has 0 amide bonds. The van der Waals surface area contributed by atoms with E-state index in [0.717, 1.165) is 19.3 Å². The minimum Gasteiger partial charge on any atom is -0.506 e. The summed E-state index contributed by atoms with van der Waals surface area (Å²) in [5.74, 6) is -0.491. The Labute approximate surface area is 147 Å². The maximum Gasteiger partial charge on any atom is 0.332 e. The second kappa shape index (κ2) is 6.43. The van der Waals surface area contributed by atoms with Gasteiger partial charge in [-0.1, -0.05) is 6.07 Å². The average molecular weight is 355 g/mol. The number of aromatic nitrogens is 4. The van der Waals surface area contributed by atoms with Gasteiger partial charge < -0.3 is 5.11 Å². The molecule has 3 aromatic rings. The van der Waals surface area contributed by atoms with Gasteiger partial charge in [-0.3, -0.25) is 33.3 Å². The molecule has 0 aliphatic carbocycles. The lowest BCUT2D eigenvalue weighted by atomic mass is 10.2. The summed E-state index contributed by atoms with van der Waals surface area (Å²) >= 11 is 0. The van der Waals surface area contributed by atoms with Crippen molar-refractivity contribution in [2.45, 2.75) is 6.54 Å². The summed E-state index contributed by atoms with van der Waals surface area (Å²) in [5, 5.41) is 10.4. The number of nitrogens with zero attached hydrogens (tertiary/aromatic N) is 5. The standard InChI is InChI=1S/C17H17N5O4/c1-20-14-12(16(25)22(3)17(26)21(14)2)13(23)11(15(20)24)9-19-8-10-5-4-6-18-7-10/h4-7,9,23H,8H2,1-3H3. The Kier molecular flexibility index (Phi) is 4.29. The van der Waals surface area contributed by atoms with Gasteiger partial charge in [-0.15, -0.1) is 0 Å². The first-order valence-electron chi connectivity index (χ1n) is 7.75. The number of aliphatic imine (C=N–C) groups is 1. The van der Waals surface area contributed by atoms with Crippen LogP contribution in [0.4, 0.5) is 0 Å². The van der Waals surface area contributed by atoms with Crippen LogP contribution in [0.1, 0.15) is 11.1 Å². The smallest absolute Gasteiger partial charge is 0.332 e. The zero-order valence-electron chi connectivity index (χ0n) is 14.5. The summed E-state index contributed by atoms with van der Waals surface area (Å²) in [7, 11) is 4.17. The van der Waals surface area contributed by atoms with Crippen molar-refractivity contribution in [3.8, 4) is 5.75 Å². The molecule has 0 aromatic carbocycles. The van der Waals surface area contributed by atoms with Crippen LogP contribution in [0.5, 0.6) is 5.75 Å². The van der Waals surface area contributed by atoms with Crippen LogP contribution < -0.4 is 16.8 Å². The van der Waals surface area contributed by atoms with Crippen molar-refractivity contribution in [3.63, 3.8) is 0 Å².